The number of carboxylic acid groups (broad SMARTS) is 1. The summed E-state index contributed by atoms with van der Waals surface area (Å²) in [7, 11) is 0. The molecule has 140 valence electrons. The van der Waals surface area contributed by atoms with E-state index in [1.54, 1.807) is 6.92 Å². The minimum absolute atomic E-state index is 0.177. The van der Waals surface area contributed by atoms with Gasteiger partial charge >= 0.3 is 17.8 Å². The number of rotatable bonds is 3. The summed E-state index contributed by atoms with van der Waals surface area (Å²) >= 11 is 0. The standard InChI is InChI=1S/C15H14F4N4O3/c1-7-4-9(16)10(20-5-7)6-22-14(26)23-11(13(24)25)3-2-8(12(23)21-22)15(17,18)19/h4-5,8,11H,2-3,6H2,1H3,(H,24,25). The van der Waals surface area contributed by atoms with Gasteiger partial charge in [0.1, 0.15) is 23.6 Å². The molecule has 0 saturated carbocycles. The largest absolute Gasteiger partial charge is 0.480 e. The predicted molar refractivity (Wildman–Crippen MR) is 79.2 cm³/mol. The fraction of sp³-hybridized carbons (Fsp3) is 0.467. The van der Waals surface area contributed by atoms with Gasteiger partial charge in [0.2, 0.25) is 0 Å². The Balaban J connectivity index is 2.09. The van der Waals surface area contributed by atoms with Crippen molar-refractivity contribution in [2.75, 3.05) is 0 Å². The van der Waals surface area contributed by atoms with E-state index in [1.165, 1.54) is 12.3 Å². The average Bonchev–Trinajstić information content (AvgIpc) is 2.85. The highest BCUT2D eigenvalue weighted by atomic mass is 19.4. The predicted octanol–water partition coefficient (Wildman–Crippen LogP) is 2.00. The number of carbonyl (C=O) groups is 1. The summed E-state index contributed by atoms with van der Waals surface area (Å²) < 4.78 is 54.8. The van der Waals surface area contributed by atoms with Gasteiger partial charge in [-0.05, 0) is 31.4 Å². The van der Waals surface area contributed by atoms with Crippen molar-refractivity contribution in [3.63, 3.8) is 0 Å². The Bertz CT molecular complexity index is 919. The number of pyridine rings is 1. The van der Waals surface area contributed by atoms with E-state index in [0.717, 1.165) is 0 Å². The molecule has 3 heterocycles. The van der Waals surface area contributed by atoms with E-state index in [-0.39, 0.29) is 12.1 Å². The molecule has 0 saturated heterocycles. The molecule has 0 amide bonds. The molecule has 0 aromatic carbocycles. The van der Waals surface area contributed by atoms with Crippen LogP contribution in [0, 0.1) is 12.7 Å². The van der Waals surface area contributed by atoms with Gasteiger partial charge in [-0.1, -0.05) is 0 Å². The summed E-state index contributed by atoms with van der Waals surface area (Å²) in [5.74, 6) is -4.88. The van der Waals surface area contributed by atoms with Gasteiger partial charge in [0, 0.05) is 6.20 Å². The number of aliphatic carboxylic acids is 1. The third-order valence-corrected chi connectivity index (χ3v) is 4.28. The van der Waals surface area contributed by atoms with Gasteiger partial charge in [0.15, 0.2) is 0 Å². The maximum atomic E-state index is 13.9. The van der Waals surface area contributed by atoms with Crippen molar-refractivity contribution in [3.8, 4) is 0 Å². The van der Waals surface area contributed by atoms with Crippen LogP contribution in [0.4, 0.5) is 17.6 Å². The monoisotopic (exact) mass is 374 g/mol. The van der Waals surface area contributed by atoms with Crippen LogP contribution in [0.15, 0.2) is 17.1 Å². The van der Waals surface area contributed by atoms with E-state index in [4.69, 9.17) is 0 Å². The number of aryl methyl sites for hydroxylation is 1. The van der Waals surface area contributed by atoms with Crippen molar-refractivity contribution in [1.29, 1.82) is 0 Å². The lowest BCUT2D eigenvalue weighted by Crippen LogP contribution is -2.38. The Morgan fingerprint density at radius 1 is 1.38 bits per heavy atom. The summed E-state index contributed by atoms with van der Waals surface area (Å²) in [6.45, 7) is 1.11. The van der Waals surface area contributed by atoms with Gasteiger partial charge < -0.3 is 5.11 Å². The zero-order valence-electron chi connectivity index (χ0n) is 13.5. The van der Waals surface area contributed by atoms with Crippen LogP contribution in [-0.4, -0.2) is 36.6 Å². The second-order valence-electron chi connectivity index (χ2n) is 6.14. The van der Waals surface area contributed by atoms with Crippen molar-refractivity contribution in [2.24, 2.45) is 0 Å². The molecule has 2 aromatic rings. The number of nitrogens with zero attached hydrogens (tertiary/aromatic N) is 4. The minimum Gasteiger partial charge on any atom is -0.480 e. The molecule has 1 aliphatic heterocycles. The van der Waals surface area contributed by atoms with Gasteiger partial charge in [-0.25, -0.2) is 18.7 Å². The molecule has 7 nitrogen and oxygen atoms in total. The maximum Gasteiger partial charge on any atom is 0.398 e. The molecule has 26 heavy (non-hydrogen) atoms. The Morgan fingerprint density at radius 2 is 2.08 bits per heavy atom. The quantitative estimate of drug-likeness (QED) is 0.830. The Hall–Kier alpha value is -2.72. The number of halogens is 4. The molecule has 2 atom stereocenters. The smallest absolute Gasteiger partial charge is 0.398 e. The summed E-state index contributed by atoms with van der Waals surface area (Å²) in [5.41, 5.74) is -0.683. The molecular weight excluding hydrogens is 360 g/mol. The summed E-state index contributed by atoms with van der Waals surface area (Å²) in [4.78, 5) is 27.6. The Morgan fingerprint density at radius 3 is 2.65 bits per heavy atom. The number of carboxylic acids is 1. The zero-order chi connectivity index (χ0) is 19.2. The zero-order valence-corrected chi connectivity index (χ0v) is 13.5. The molecular formula is C15H14F4N4O3. The summed E-state index contributed by atoms with van der Waals surface area (Å²) in [6.07, 6.45) is -4.18. The first-order valence-corrected chi connectivity index (χ1v) is 7.69. The highest BCUT2D eigenvalue weighted by molar-refractivity contribution is 5.72. The molecule has 11 heteroatoms. The third kappa shape index (κ3) is 3.08. The van der Waals surface area contributed by atoms with Crippen LogP contribution in [0.2, 0.25) is 0 Å². The van der Waals surface area contributed by atoms with E-state index in [2.05, 4.69) is 10.1 Å². The second-order valence-corrected chi connectivity index (χ2v) is 6.14. The minimum atomic E-state index is -4.68. The van der Waals surface area contributed by atoms with Gasteiger partial charge in [0.05, 0.1) is 12.2 Å². The van der Waals surface area contributed by atoms with Crippen molar-refractivity contribution in [1.82, 2.24) is 19.3 Å². The first-order valence-electron chi connectivity index (χ1n) is 7.69. The average molecular weight is 374 g/mol. The Labute approximate surface area is 143 Å². The number of hydrogen-bond acceptors (Lipinski definition) is 4. The fourth-order valence-corrected chi connectivity index (χ4v) is 3.02. The molecule has 1 N–H and O–H groups in total. The van der Waals surface area contributed by atoms with E-state index >= 15 is 0 Å². The van der Waals surface area contributed by atoms with Gasteiger partial charge in [0.25, 0.3) is 0 Å². The number of alkyl halides is 3. The van der Waals surface area contributed by atoms with Crippen LogP contribution in [0.1, 0.15) is 41.9 Å². The van der Waals surface area contributed by atoms with Crippen LogP contribution in [0.25, 0.3) is 0 Å². The lowest BCUT2D eigenvalue weighted by Gasteiger charge is -2.27. The molecule has 0 fully saturated rings. The first kappa shape index (κ1) is 18.1. The Kier molecular flexibility index (Phi) is 4.32. The van der Waals surface area contributed by atoms with Crippen molar-refractivity contribution < 1.29 is 27.5 Å². The van der Waals surface area contributed by atoms with Crippen LogP contribution in [-0.2, 0) is 11.3 Å². The van der Waals surface area contributed by atoms with E-state index in [9.17, 15) is 32.3 Å². The molecule has 3 rings (SSSR count). The van der Waals surface area contributed by atoms with Crippen molar-refractivity contribution in [2.45, 2.75) is 44.4 Å². The topological polar surface area (TPSA) is 90.0 Å². The maximum absolute atomic E-state index is 13.9. The molecule has 0 radical (unpaired) electrons. The van der Waals surface area contributed by atoms with E-state index in [1.807, 2.05) is 0 Å². The lowest BCUT2D eigenvalue weighted by molar-refractivity contribution is -0.161. The molecule has 2 unspecified atom stereocenters. The second kappa shape index (κ2) is 6.22. The van der Waals surface area contributed by atoms with Crippen LogP contribution in [0.3, 0.4) is 0 Å². The van der Waals surface area contributed by atoms with E-state index < -0.39 is 54.4 Å². The number of fused-ring (bicyclic) bond motifs is 1. The fourth-order valence-electron chi connectivity index (χ4n) is 3.02. The normalized spacial score (nSPS) is 20.0. The third-order valence-electron chi connectivity index (χ3n) is 4.28. The lowest BCUT2D eigenvalue weighted by atomic mass is 9.94. The first-order chi connectivity index (χ1) is 12.1. The summed E-state index contributed by atoms with van der Waals surface area (Å²) in [5, 5.41) is 12.9. The number of aromatic nitrogens is 4. The molecule has 1 aliphatic rings. The van der Waals surface area contributed by atoms with Crippen molar-refractivity contribution in [3.05, 3.63) is 45.6 Å². The molecule has 2 aromatic heterocycles. The molecule has 0 aliphatic carbocycles. The van der Waals surface area contributed by atoms with Crippen LogP contribution in [0.5, 0.6) is 0 Å². The van der Waals surface area contributed by atoms with Crippen LogP contribution >= 0.6 is 0 Å². The van der Waals surface area contributed by atoms with E-state index in [0.29, 0.717) is 14.8 Å². The van der Waals surface area contributed by atoms with Gasteiger partial charge in [-0.15, -0.1) is 0 Å². The highest BCUT2D eigenvalue weighted by Crippen LogP contribution is 2.42. The summed E-state index contributed by atoms with van der Waals surface area (Å²) in [6, 6.07) is -0.275. The highest BCUT2D eigenvalue weighted by Gasteiger charge is 2.48. The van der Waals surface area contributed by atoms with Gasteiger partial charge in [-0.2, -0.15) is 18.3 Å². The molecule has 0 bridgehead atoms. The van der Waals surface area contributed by atoms with Crippen molar-refractivity contribution >= 4 is 5.97 Å². The molecule has 0 spiro atoms. The van der Waals surface area contributed by atoms with Gasteiger partial charge in [-0.3, -0.25) is 9.55 Å². The number of hydrogen-bond donors (Lipinski definition) is 1. The SMILES string of the molecule is Cc1cnc(Cn2nc3n(c2=O)C(C(=O)O)CCC3C(F)(F)F)c(F)c1. The van der Waals surface area contributed by atoms with Crippen LogP contribution < -0.4 is 5.69 Å².